The van der Waals surface area contributed by atoms with E-state index in [0.29, 0.717) is 22.6 Å². The molecule has 7 heteroatoms. The summed E-state index contributed by atoms with van der Waals surface area (Å²) in [7, 11) is 1.40. The fourth-order valence-corrected chi connectivity index (χ4v) is 3.08. The van der Waals surface area contributed by atoms with Crippen molar-refractivity contribution in [3.05, 3.63) is 83.8 Å². The Hall–Kier alpha value is -4.31. The quantitative estimate of drug-likeness (QED) is 0.544. The Bertz CT molecular complexity index is 1300. The fourth-order valence-electron chi connectivity index (χ4n) is 3.08. The maximum absolute atomic E-state index is 14.9. The number of methoxy groups -OCH3 is 1. The number of nitrogens with one attached hydrogen (secondary N) is 1. The first kappa shape index (κ1) is 19.0. The van der Waals surface area contributed by atoms with Gasteiger partial charge >= 0.3 is 0 Å². The van der Waals surface area contributed by atoms with Crippen LogP contribution >= 0.6 is 0 Å². The summed E-state index contributed by atoms with van der Waals surface area (Å²) in [5, 5.41) is 12.4. The van der Waals surface area contributed by atoms with Crippen molar-refractivity contribution in [2.24, 2.45) is 0 Å². The van der Waals surface area contributed by atoms with Crippen LogP contribution in [-0.4, -0.2) is 23.0 Å². The number of benzene rings is 2. The van der Waals surface area contributed by atoms with Gasteiger partial charge < -0.3 is 10.1 Å². The molecule has 6 nitrogen and oxygen atoms in total. The smallest absolute Gasteiger partial charge is 0.257 e. The molecule has 146 valence electrons. The normalized spacial score (nSPS) is 10.4. The molecule has 0 spiro atoms. The van der Waals surface area contributed by atoms with Gasteiger partial charge in [0, 0.05) is 17.1 Å². The second-order valence-electron chi connectivity index (χ2n) is 6.43. The van der Waals surface area contributed by atoms with Crippen LogP contribution in [0, 0.1) is 17.1 Å². The summed E-state index contributed by atoms with van der Waals surface area (Å²) in [6.07, 6.45) is 1.61. The molecule has 2 aromatic heterocycles. The monoisotopic (exact) mass is 398 g/mol. The Labute approximate surface area is 171 Å². The van der Waals surface area contributed by atoms with Gasteiger partial charge in [-0.05, 0) is 54.1 Å². The highest BCUT2D eigenvalue weighted by Gasteiger charge is 2.18. The van der Waals surface area contributed by atoms with E-state index < -0.39 is 11.7 Å². The van der Waals surface area contributed by atoms with E-state index in [4.69, 9.17) is 10.00 Å². The van der Waals surface area contributed by atoms with Crippen LogP contribution in [0.4, 0.5) is 10.2 Å². The van der Waals surface area contributed by atoms with Crippen molar-refractivity contribution in [1.82, 2.24) is 9.97 Å². The molecule has 0 aliphatic carbocycles. The van der Waals surface area contributed by atoms with Crippen molar-refractivity contribution in [2.45, 2.75) is 0 Å². The largest absolute Gasteiger partial charge is 0.496 e. The molecule has 0 aliphatic heterocycles. The van der Waals surface area contributed by atoms with Gasteiger partial charge in [0.15, 0.2) is 5.65 Å². The average molecular weight is 398 g/mol. The second kappa shape index (κ2) is 7.97. The molecule has 1 amide bonds. The lowest BCUT2D eigenvalue weighted by Crippen LogP contribution is -2.14. The lowest BCUT2D eigenvalue weighted by Gasteiger charge is -2.13. The van der Waals surface area contributed by atoms with Crippen LogP contribution in [0.5, 0.6) is 5.75 Å². The molecule has 2 heterocycles. The SMILES string of the molecule is COc1cc(C(=O)Nc2ccc3cccnc3n2)cc(F)c1-c1ccc(C#N)cc1. The summed E-state index contributed by atoms with van der Waals surface area (Å²) >= 11 is 0. The van der Waals surface area contributed by atoms with Gasteiger partial charge in [-0.2, -0.15) is 5.26 Å². The highest BCUT2D eigenvalue weighted by Crippen LogP contribution is 2.34. The van der Waals surface area contributed by atoms with Crippen molar-refractivity contribution in [3.8, 4) is 22.9 Å². The second-order valence-corrected chi connectivity index (χ2v) is 6.43. The van der Waals surface area contributed by atoms with Crippen molar-refractivity contribution < 1.29 is 13.9 Å². The number of anilines is 1. The number of ether oxygens (including phenoxy) is 1. The molecule has 0 aliphatic rings. The number of hydrogen-bond donors (Lipinski definition) is 1. The first-order valence-corrected chi connectivity index (χ1v) is 9.00. The topological polar surface area (TPSA) is 87.9 Å². The third-order valence-corrected chi connectivity index (χ3v) is 4.54. The molecule has 0 bridgehead atoms. The fraction of sp³-hybridized carbons (Fsp3) is 0.0435. The third kappa shape index (κ3) is 3.66. The number of nitrogens with zero attached hydrogens (tertiary/aromatic N) is 3. The van der Waals surface area contributed by atoms with Crippen LogP contribution in [0.1, 0.15) is 15.9 Å². The molecule has 0 atom stereocenters. The zero-order chi connectivity index (χ0) is 21.1. The molecule has 0 saturated carbocycles. The van der Waals surface area contributed by atoms with Gasteiger partial charge in [0.05, 0.1) is 24.3 Å². The molecule has 0 radical (unpaired) electrons. The summed E-state index contributed by atoms with van der Waals surface area (Å²) in [4.78, 5) is 21.1. The molecule has 0 unspecified atom stereocenters. The number of rotatable bonds is 4. The van der Waals surface area contributed by atoms with Crippen LogP contribution in [0.3, 0.4) is 0 Å². The van der Waals surface area contributed by atoms with Crippen LogP contribution in [0.15, 0.2) is 66.9 Å². The minimum atomic E-state index is -0.614. The number of hydrogen-bond acceptors (Lipinski definition) is 5. The first-order valence-electron chi connectivity index (χ1n) is 9.00. The predicted molar refractivity (Wildman–Crippen MR) is 111 cm³/mol. The summed E-state index contributed by atoms with van der Waals surface area (Å²) in [6.45, 7) is 0. The highest BCUT2D eigenvalue weighted by atomic mass is 19.1. The van der Waals surface area contributed by atoms with E-state index in [1.165, 1.54) is 13.2 Å². The van der Waals surface area contributed by atoms with Crippen molar-refractivity contribution in [3.63, 3.8) is 0 Å². The lowest BCUT2D eigenvalue weighted by atomic mass is 10.00. The van der Waals surface area contributed by atoms with Gasteiger partial charge in [-0.25, -0.2) is 14.4 Å². The number of halogens is 1. The van der Waals surface area contributed by atoms with Crippen LogP contribution in [0.25, 0.3) is 22.2 Å². The third-order valence-electron chi connectivity index (χ3n) is 4.54. The predicted octanol–water partition coefficient (Wildman–Crippen LogP) is 4.57. The van der Waals surface area contributed by atoms with E-state index >= 15 is 0 Å². The Morgan fingerprint density at radius 1 is 1.13 bits per heavy atom. The molecule has 0 fully saturated rings. The first-order chi connectivity index (χ1) is 14.6. The van der Waals surface area contributed by atoms with Gasteiger partial charge in [0.25, 0.3) is 5.91 Å². The van der Waals surface area contributed by atoms with E-state index in [9.17, 15) is 9.18 Å². The van der Waals surface area contributed by atoms with Crippen molar-refractivity contribution >= 4 is 22.8 Å². The number of aromatic nitrogens is 2. The number of carbonyl (C=O) groups is 1. The Morgan fingerprint density at radius 3 is 2.67 bits per heavy atom. The number of carbonyl (C=O) groups excluding carboxylic acids is 1. The van der Waals surface area contributed by atoms with Crippen LogP contribution in [-0.2, 0) is 0 Å². The molecule has 1 N–H and O–H groups in total. The van der Waals surface area contributed by atoms with Gasteiger partial charge in [-0.15, -0.1) is 0 Å². The van der Waals surface area contributed by atoms with Gasteiger partial charge in [-0.3, -0.25) is 4.79 Å². The van der Waals surface area contributed by atoms with E-state index in [1.54, 1.807) is 48.7 Å². The van der Waals surface area contributed by atoms with E-state index in [1.807, 2.05) is 12.1 Å². The Morgan fingerprint density at radius 2 is 1.93 bits per heavy atom. The van der Waals surface area contributed by atoms with E-state index in [-0.39, 0.29) is 16.9 Å². The highest BCUT2D eigenvalue weighted by molar-refractivity contribution is 6.05. The number of pyridine rings is 2. The lowest BCUT2D eigenvalue weighted by molar-refractivity contribution is 0.102. The zero-order valence-corrected chi connectivity index (χ0v) is 15.9. The minimum absolute atomic E-state index is 0.0877. The molecule has 4 rings (SSSR count). The molecule has 30 heavy (non-hydrogen) atoms. The summed E-state index contributed by atoms with van der Waals surface area (Å²) in [5.74, 6) is -0.626. The van der Waals surface area contributed by atoms with Gasteiger partial charge in [0.2, 0.25) is 0 Å². The Kier molecular flexibility index (Phi) is 5.06. The summed E-state index contributed by atoms with van der Waals surface area (Å²) in [5.41, 5.74) is 1.80. The van der Waals surface area contributed by atoms with Crippen LogP contribution in [0.2, 0.25) is 0 Å². The van der Waals surface area contributed by atoms with Gasteiger partial charge in [0.1, 0.15) is 17.4 Å². The van der Waals surface area contributed by atoms with E-state index in [0.717, 1.165) is 11.5 Å². The zero-order valence-electron chi connectivity index (χ0n) is 15.9. The van der Waals surface area contributed by atoms with Crippen molar-refractivity contribution in [1.29, 1.82) is 5.26 Å². The number of nitriles is 1. The van der Waals surface area contributed by atoms with Gasteiger partial charge in [-0.1, -0.05) is 12.1 Å². The van der Waals surface area contributed by atoms with Crippen molar-refractivity contribution in [2.75, 3.05) is 12.4 Å². The molecular formula is C23H15FN4O2. The molecule has 0 saturated heterocycles. The molecular weight excluding hydrogens is 383 g/mol. The molecule has 4 aromatic rings. The number of fused-ring (bicyclic) bond motifs is 1. The maximum atomic E-state index is 14.9. The van der Waals surface area contributed by atoms with Crippen LogP contribution < -0.4 is 10.1 Å². The minimum Gasteiger partial charge on any atom is -0.496 e. The number of amides is 1. The average Bonchev–Trinajstić information content (AvgIpc) is 2.78. The Balaban J connectivity index is 1.65. The summed E-state index contributed by atoms with van der Waals surface area (Å²) in [6, 6.07) is 18.2. The van der Waals surface area contributed by atoms with E-state index in [2.05, 4.69) is 15.3 Å². The standard InChI is InChI=1S/C23H15FN4O2/c1-30-19-12-17(11-18(24)21(19)15-6-4-14(13-25)5-7-15)23(29)28-20-9-8-16-3-2-10-26-22(16)27-20/h2-12H,1H3,(H,26,27,28,29). The summed E-state index contributed by atoms with van der Waals surface area (Å²) < 4.78 is 20.2. The molecule has 2 aromatic carbocycles. The maximum Gasteiger partial charge on any atom is 0.257 e.